The maximum atomic E-state index is 12.4. The van der Waals surface area contributed by atoms with Crippen molar-refractivity contribution >= 4 is 6.03 Å². The van der Waals surface area contributed by atoms with Gasteiger partial charge < -0.3 is 19.9 Å². The second-order valence-corrected chi connectivity index (χ2v) is 6.58. The summed E-state index contributed by atoms with van der Waals surface area (Å²) in [4.78, 5) is 16.8. The molecule has 5 heteroatoms. The van der Waals surface area contributed by atoms with Gasteiger partial charge in [-0.2, -0.15) is 0 Å². The summed E-state index contributed by atoms with van der Waals surface area (Å²) in [5, 5.41) is 3.24. The number of carbonyl (C=O) groups is 1. The smallest absolute Gasteiger partial charge is 0.317 e. The van der Waals surface area contributed by atoms with Gasteiger partial charge in [0.15, 0.2) is 0 Å². The fraction of sp³-hybridized carbons (Fsp3) is 0.941. The minimum atomic E-state index is 0.117. The number of hydrogen-bond donors (Lipinski definition) is 1. The molecular formula is C17H33N3O2. The molecule has 2 rings (SSSR count). The lowest BCUT2D eigenvalue weighted by molar-refractivity contribution is -0.0337. The fourth-order valence-corrected chi connectivity index (χ4v) is 3.64. The highest BCUT2D eigenvalue weighted by molar-refractivity contribution is 5.74. The monoisotopic (exact) mass is 311 g/mol. The molecule has 2 aliphatic heterocycles. The van der Waals surface area contributed by atoms with E-state index in [1.54, 1.807) is 0 Å². The van der Waals surface area contributed by atoms with Gasteiger partial charge in [0, 0.05) is 38.8 Å². The Morgan fingerprint density at radius 3 is 2.45 bits per heavy atom. The first-order valence-corrected chi connectivity index (χ1v) is 9.07. The largest absolute Gasteiger partial charge is 0.378 e. The van der Waals surface area contributed by atoms with Gasteiger partial charge in [-0.05, 0) is 25.3 Å². The van der Waals surface area contributed by atoms with Gasteiger partial charge in [0.25, 0.3) is 0 Å². The van der Waals surface area contributed by atoms with Crippen molar-refractivity contribution in [3.8, 4) is 0 Å². The summed E-state index contributed by atoms with van der Waals surface area (Å²) in [6.07, 6.45) is 4.53. The van der Waals surface area contributed by atoms with Gasteiger partial charge >= 0.3 is 6.03 Å². The number of ether oxygens (including phenoxy) is 1. The third-order valence-corrected chi connectivity index (χ3v) is 5.32. The van der Waals surface area contributed by atoms with Crippen molar-refractivity contribution in [1.82, 2.24) is 15.1 Å². The summed E-state index contributed by atoms with van der Waals surface area (Å²) in [7, 11) is 0. The molecule has 0 bridgehead atoms. The highest BCUT2D eigenvalue weighted by Gasteiger charge is 2.30. The number of urea groups is 1. The van der Waals surface area contributed by atoms with Crippen LogP contribution in [0.3, 0.4) is 0 Å². The zero-order valence-corrected chi connectivity index (χ0v) is 14.5. The van der Waals surface area contributed by atoms with Crippen molar-refractivity contribution in [2.75, 3.05) is 39.3 Å². The highest BCUT2D eigenvalue weighted by atomic mass is 16.5. The minimum absolute atomic E-state index is 0.117. The number of rotatable bonds is 5. The third kappa shape index (κ3) is 4.59. The van der Waals surface area contributed by atoms with E-state index in [0.717, 1.165) is 65.0 Å². The zero-order valence-electron chi connectivity index (χ0n) is 14.5. The summed E-state index contributed by atoms with van der Waals surface area (Å²) < 4.78 is 5.94. The second kappa shape index (κ2) is 8.73. The maximum Gasteiger partial charge on any atom is 0.317 e. The van der Waals surface area contributed by atoms with E-state index in [1.165, 1.54) is 0 Å². The maximum absolute atomic E-state index is 12.4. The van der Waals surface area contributed by atoms with Gasteiger partial charge in [-0.25, -0.2) is 4.79 Å². The van der Waals surface area contributed by atoms with Crippen LogP contribution in [0.25, 0.3) is 0 Å². The molecule has 0 aromatic carbocycles. The molecule has 2 amide bonds. The first-order chi connectivity index (χ1) is 10.7. The van der Waals surface area contributed by atoms with Crippen LogP contribution in [-0.4, -0.2) is 67.3 Å². The quantitative estimate of drug-likeness (QED) is 0.847. The lowest BCUT2D eigenvalue weighted by Crippen LogP contribution is -2.54. The van der Waals surface area contributed by atoms with Crippen LogP contribution in [0.2, 0.25) is 0 Å². The summed E-state index contributed by atoms with van der Waals surface area (Å²) in [6, 6.07) is 0.391. The van der Waals surface area contributed by atoms with E-state index in [1.807, 2.05) is 4.90 Å². The molecule has 22 heavy (non-hydrogen) atoms. The topological polar surface area (TPSA) is 44.8 Å². The lowest BCUT2D eigenvalue weighted by Gasteiger charge is -2.37. The van der Waals surface area contributed by atoms with Crippen molar-refractivity contribution in [1.29, 1.82) is 0 Å². The van der Waals surface area contributed by atoms with Crippen LogP contribution >= 0.6 is 0 Å². The first-order valence-electron chi connectivity index (χ1n) is 9.07. The number of nitrogens with one attached hydrogen (secondary N) is 1. The summed E-state index contributed by atoms with van der Waals surface area (Å²) in [5.74, 6) is 0.618. The Kier molecular flexibility index (Phi) is 6.96. The summed E-state index contributed by atoms with van der Waals surface area (Å²) >= 11 is 0. The number of likely N-dealkylation sites (N-methyl/N-ethyl adjacent to an activating group) is 1. The average molecular weight is 311 g/mol. The minimum Gasteiger partial charge on any atom is -0.378 e. The standard InChI is InChI=1S/C17H33N3O2/c1-4-14(5-2)16-13-15(7-12-22-16)18-17(21)20-10-8-19(6-3)9-11-20/h14-16H,4-13H2,1-3H3,(H,18,21)/t15-,16+/m1/s1. The molecule has 2 saturated heterocycles. The number of carbonyl (C=O) groups excluding carboxylic acids is 1. The summed E-state index contributed by atoms with van der Waals surface area (Å²) in [5.41, 5.74) is 0. The van der Waals surface area contributed by atoms with E-state index in [9.17, 15) is 4.79 Å². The van der Waals surface area contributed by atoms with Crippen molar-refractivity contribution < 1.29 is 9.53 Å². The number of amides is 2. The number of piperazine rings is 1. The second-order valence-electron chi connectivity index (χ2n) is 6.58. The van der Waals surface area contributed by atoms with Crippen molar-refractivity contribution in [3.05, 3.63) is 0 Å². The van der Waals surface area contributed by atoms with Gasteiger partial charge in [0.1, 0.15) is 0 Å². The molecular weight excluding hydrogens is 278 g/mol. The van der Waals surface area contributed by atoms with Crippen LogP contribution in [0, 0.1) is 5.92 Å². The van der Waals surface area contributed by atoms with Gasteiger partial charge in [0.05, 0.1) is 6.10 Å². The molecule has 0 radical (unpaired) electrons. The highest BCUT2D eigenvalue weighted by Crippen LogP contribution is 2.25. The summed E-state index contributed by atoms with van der Waals surface area (Å²) in [6.45, 7) is 12.2. The Bertz CT molecular complexity index is 339. The predicted molar refractivity (Wildman–Crippen MR) is 89.1 cm³/mol. The van der Waals surface area contributed by atoms with Crippen LogP contribution in [0.1, 0.15) is 46.5 Å². The van der Waals surface area contributed by atoms with Crippen molar-refractivity contribution in [2.45, 2.75) is 58.6 Å². The molecule has 2 fully saturated rings. The van der Waals surface area contributed by atoms with Gasteiger partial charge in [-0.1, -0.05) is 33.6 Å². The Morgan fingerprint density at radius 2 is 1.86 bits per heavy atom. The van der Waals surface area contributed by atoms with Crippen molar-refractivity contribution in [3.63, 3.8) is 0 Å². The Hall–Kier alpha value is -0.810. The molecule has 0 unspecified atom stereocenters. The number of nitrogens with zero attached hydrogens (tertiary/aromatic N) is 2. The molecule has 0 spiro atoms. The van der Waals surface area contributed by atoms with Crippen LogP contribution in [-0.2, 0) is 4.74 Å². The molecule has 2 aliphatic rings. The van der Waals surface area contributed by atoms with Gasteiger partial charge in [-0.15, -0.1) is 0 Å². The Morgan fingerprint density at radius 1 is 1.18 bits per heavy atom. The average Bonchev–Trinajstić information content (AvgIpc) is 2.56. The molecule has 5 nitrogen and oxygen atoms in total. The molecule has 0 aliphatic carbocycles. The van der Waals surface area contributed by atoms with E-state index in [-0.39, 0.29) is 12.1 Å². The fourth-order valence-electron chi connectivity index (χ4n) is 3.64. The van der Waals surface area contributed by atoms with Crippen LogP contribution < -0.4 is 5.32 Å². The molecule has 128 valence electrons. The zero-order chi connectivity index (χ0) is 15.9. The Balaban J connectivity index is 1.79. The van der Waals surface area contributed by atoms with Crippen molar-refractivity contribution in [2.24, 2.45) is 5.92 Å². The molecule has 2 heterocycles. The normalized spacial score (nSPS) is 27.2. The SMILES string of the molecule is CCC(CC)[C@@H]1C[C@H](NC(=O)N2CCN(CC)CC2)CCO1. The predicted octanol–water partition coefficient (Wildman–Crippen LogP) is 2.32. The lowest BCUT2D eigenvalue weighted by atomic mass is 9.89. The van der Waals surface area contributed by atoms with E-state index in [2.05, 4.69) is 31.0 Å². The van der Waals surface area contributed by atoms with E-state index in [0.29, 0.717) is 12.0 Å². The first kappa shape index (κ1) is 17.5. The third-order valence-electron chi connectivity index (χ3n) is 5.32. The van der Waals surface area contributed by atoms with Crippen LogP contribution in [0.4, 0.5) is 4.79 Å². The van der Waals surface area contributed by atoms with E-state index in [4.69, 9.17) is 4.74 Å². The molecule has 2 atom stereocenters. The molecule has 0 aromatic heterocycles. The molecule has 1 N–H and O–H groups in total. The van der Waals surface area contributed by atoms with Gasteiger partial charge in [0.2, 0.25) is 0 Å². The van der Waals surface area contributed by atoms with E-state index >= 15 is 0 Å². The molecule has 0 aromatic rings. The molecule has 0 saturated carbocycles. The Labute approximate surface area is 135 Å². The van der Waals surface area contributed by atoms with Crippen LogP contribution in [0.5, 0.6) is 0 Å². The van der Waals surface area contributed by atoms with E-state index < -0.39 is 0 Å². The van der Waals surface area contributed by atoms with Crippen LogP contribution in [0.15, 0.2) is 0 Å². The van der Waals surface area contributed by atoms with Gasteiger partial charge in [-0.3, -0.25) is 0 Å². The number of hydrogen-bond acceptors (Lipinski definition) is 3.